The first-order chi connectivity index (χ1) is 8.25. The van der Waals surface area contributed by atoms with E-state index in [4.69, 9.17) is 10.5 Å². The normalized spacial score (nSPS) is 21.9. The van der Waals surface area contributed by atoms with Gasteiger partial charge in [0.1, 0.15) is 5.75 Å². The van der Waals surface area contributed by atoms with Gasteiger partial charge in [-0.1, -0.05) is 18.2 Å². The molecule has 1 aromatic carbocycles. The lowest BCUT2D eigenvalue weighted by Gasteiger charge is -2.27. The van der Waals surface area contributed by atoms with Gasteiger partial charge < -0.3 is 10.5 Å². The number of aryl methyl sites for hydroxylation is 1. The number of nitrogens with two attached hydrogens (primary N) is 1. The highest BCUT2D eigenvalue weighted by Gasteiger charge is 2.37. The number of benzene rings is 1. The maximum Gasteiger partial charge on any atom is 0.122 e. The number of para-hydroxylation sites is 1. The molecule has 2 aliphatic carbocycles. The molecule has 2 N–H and O–H groups in total. The Balaban J connectivity index is 1.64. The summed E-state index contributed by atoms with van der Waals surface area (Å²) in [5.41, 5.74) is 7.61. The first-order valence-electron chi connectivity index (χ1n) is 6.79. The molecule has 2 nitrogen and oxygen atoms in total. The van der Waals surface area contributed by atoms with Crippen LogP contribution in [0.25, 0.3) is 0 Å². The third-order valence-electron chi connectivity index (χ3n) is 4.10. The maximum absolute atomic E-state index is 6.14. The Labute approximate surface area is 103 Å². The molecule has 0 atom stereocenters. The quantitative estimate of drug-likeness (QED) is 0.845. The first kappa shape index (κ1) is 11.1. The molecular formula is C15H21NO. The van der Waals surface area contributed by atoms with Crippen LogP contribution in [0.3, 0.4) is 0 Å². The lowest BCUT2D eigenvalue weighted by molar-refractivity contribution is 0.119. The highest BCUT2D eigenvalue weighted by Crippen LogP contribution is 2.37. The molecule has 3 rings (SSSR count). The number of hydrogen-bond acceptors (Lipinski definition) is 2. The van der Waals surface area contributed by atoms with Crippen molar-refractivity contribution < 1.29 is 4.74 Å². The molecule has 0 radical (unpaired) electrons. The fraction of sp³-hybridized carbons (Fsp3) is 0.600. The molecule has 2 aliphatic rings. The average molecular weight is 231 g/mol. The van der Waals surface area contributed by atoms with E-state index in [1.807, 2.05) is 0 Å². The van der Waals surface area contributed by atoms with Gasteiger partial charge in [-0.2, -0.15) is 0 Å². The van der Waals surface area contributed by atoms with Gasteiger partial charge in [0, 0.05) is 5.54 Å². The van der Waals surface area contributed by atoms with Crippen molar-refractivity contribution in [2.24, 2.45) is 5.73 Å². The van der Waals surface area contributed by atoms with Crippen LogP contribution in [0.4, 0.5) is 0 Å². The summed E-state index contributed by atoms with van der Waals surface area (Å²) in [6, 6.07) is 8.44. The zero-order valence-corrected chi connectivity index (χ0v) is 10.3. The Kier molecular flexibility index (Phi) is 2.83. The lowest BCUT2D eigenvalue weighted by atomic mass is 9.96. The second-order valence-electron chi connectivity index (χ2n) is 5.64. The molecule has 0 aliphatic heterocycles. The smallest absolute Gasteiger partial charge is 0.122 e. The molecule has 2 heteroatoms. The molecule has 0 heterocycles. The summed E-state index contributed by atoms with van der Waals surface area (Å²) >= 11 is 0. The number of ether oxygens (including phenoxy) is 1. The van der Waals surface area contributed by atoms with Gasteiger partial charge in [-0.3, -0.25) is 0 Å². The minimum atomic E-state index is 0.142. The molecule has 0 saturated heterocycles. The van der Waals surface area contributed by atoms with E-state index in [1.165, 1.54) is 37.7 Å². The molecule has 0 bridgehead atoms. The lowest BCUT2D eigenvalue weighted by Crippen LogP contribution is -2.25. The van der Waals surface area contributed by atoms with Crippen molar-refractivity contribution in [3.63, 3.8) is 0 Å². The largest absolute Gasteiger partial charge is 0.490 e. The fourth-order valence-corrected chi connectivity index (χ4v) is 2.29. The van der Waals surface area contributed by atoms with E-state index in [-0.39, 0.29) is 5.54 Å². The fourth-order valence-electron chi connectivity index (χ4n) is 2.29. The van der Waals surface area contributed by atoms with Crippen LogP contribution in [-0.2, 0) is 6.42 Å². The summed E-state index contributed by atoms with van der Waals surface area (Å²) in [5.74, 6) is 1.08. The maximum atomic E-state index is 6.14. The second-order valence-corrected chi connectivity index (χ2v) is 5.64. The molecule has 1 aromatic rings. The molecule has 0 unspecified atom stereocenters. The van der Waals surface area contributed by atoms with Gasteiger partial charge in [0.15, 0.2) is 0 Å². The molecule has 0 aromatic heterocycles. The van der Waals surface area contributed by atoms with Crippen molar-refractivity contribution >= 4 is 0 Å². The highest BCUT2D eigenvalue weighted by molar-refractivity contribution is 5.34. The Morgan fingerprint density at radius 3 is 2.65 bits per heavy atom. The minimum absolute atomic E-state index is 0.142. The van der Waals surface area contributed by atoms with Crippen LogP contribution in [0.5, 0.6) is 5.75 Å². The van der Waals surface area contributed by atoms with Crippen molar-refractivity contribution in [2.45, 2.75) is 56.6 Å². The van der Waals surface area contributed by atoms with Crippen LogP contribution in [-0.4, -0.2) is 11.6 Å². The van der Waals surface area contributed by atoms with Crippen molar-refractivity contribution in [1.29, 1.82) is 0 Å². The molecule has 0 spiro atoms. The Hall–Kier alpha value is -1.02. The SMILES string of the molecule is NC1(CCc2ccccc2OC2CCC2)CC1. The van der Waals surface area contributed by atoms with Gasteiger partial charge in [-0.15, -0.1) is 0 Å². The molecule has 92 valence electrons. The van der Waals surface area contributed by atoms with E-state index < -0.39 is 0 Å². The van der Waals surface area contributed by atoms with Crippen molar-refractivity contribution in [2.75, 3.05) is 0 Å². The van der Waals surface area contributed by atoms with E-state index in [2.05, 4.69) is 24.3 Å². The van der Waals surface area contributed by atoms with Crippen LogP contribution in [0.2, 0.25) is 0 Å². The van der Waals surface area contributed by atoms with Gasteiger partial charge in [0.25, 0.3) is 0 Å². The van der Waals surface area contributed by atoms with Gasteiger partial charge >= 0.3 is 0 Å². The molecular weight excluding hydrogens is 210 g/mol. The van der Waals surface area contributed by atoms with Gasteiger partial charge in [0.05, 0.1) is 6.10 Å². The van der Waals surface area contributed by atoms with Crippen molar-refractivity contribution in [3.05, 3.63) is 29.8 Å². The van der Waals surface area contributed by atoms with Crippen LogP contribution >= 0.6 is 0 Å². The van der Waals surface area contributed by atoms with Crippen LogP contribution in [0.15, 0.2) is 24.3 Å². The standard InChI is InChI=1S/C15H21NO/c16-15(10-11-15)9-8-12-4-1-2-7-14(12)17-13-5-3-6-13/h1-2,4,7,13H,3,5-6,8-11,16H2. The van der Waals surface area contributed by atoms with E-state index in [0.29, 0.717) is 6.10 Å². The van der Waals surface area contributed by atoms with E-state index in [9.17, 15) is 0 Å². The minimum Gasteiger partial charge on any atom is -0.490 e. The molecule has 2 saturated carbocycles. The molecule has 0 amide bonds. The summed E-state index contributed by atoms with van der Waals surface area (Å²) in [7, 11) is 0. The molecule has 2 fully saturated rings. The van der Waals surface area contributed by atoms with Crippen molar-refractivity contribution in [1.82, 2.24) is 0 Å². The predicted octanol–water partition coefficient (Wildman–Crippen LogP) is 3.04. The van der Waals surface area contributed by atoms with E-state index >= 15 is 0 Å². The van der Waals surface area contributed by atoms with E-state index in [0.717, 1.165) is 18.6 Å². The van der Waals surface area contributed by atoms with E-state index in [1.54, 1.807) is 0 Å². The third-order valence-corrected chi connectivity index (χ3v) is 4.10. The Morgan fingerprint density at radius 1 is 1.24 bits per heavy atom. The highest BCUT2D eigenvalue weighted by atomic mass is 16.5. The van der Waals surface area contributed by atoms with Crippen LogP contribution in [0.1, 0.15) is 44.1 Å². The van der Waals surface area contributed by atoms with Crippen LogP contribution < -0.4 is 10.5 Å². The second kappa shape index (κ2) is 4.34. The zero-order chi connectivity index (χ0) is 11.7. The third kappa shape index (κ3) is 2.63. The van der Waals surface area contributed by atoms with Crippen LogP contribution in [0, 0.1) is 0 Å². The number of hydrogen-bond donors (Lipinski definition) is 1. The summed E-state index contributed by atoms with van der Waals surface area (Å²) in [6.45, 7) is 0. The summed E-state index contributed by atoms with van der Waals surface area (Å²) in [6.07, 6.45) is 8.75. The number of rotatable bonds is 5. The topological polar surface area (TPSA) is 35.2 Å². The first-order valence-corrected chi connectivity index (χ1v) is 6.79. The summed E-state index contributed by atoms with van der Waals surface area (Å²) in [5, 5.41) is 0. The summed E-state index contributed by atoms with van der Waals surface area (Å²) in [4.78, 5) is 0. The average Bonchev–Trinajstić information content (AvgIpc) is 3.01. The molecule has 17 heavy (non-hydrogen) atoms. The zero-order valence-electron chi connectivity index (χ0n) is 10.3. The summed E-state index contributed by atoms with van der Waals surface area (Å²) < 4.78 is 6.03. The predicted molar refractivity (Wildman–Crippen MR) is 69.2 cm³/mol. The van der Waals surface area contributed by atoms with Gasteiger partial charge in [0.2, 0.25) is 0 Å². The van der Waals surface area contributed by atoms with Gasteiger partial charge in [-0.25, -0.2) is 0 Å². The Bertz CT molecular complexity index is 394. The van der Waals surface area contributed by atoms with Crippen molar-refractivity contribution in [3.8, 4) is 5.75 Å². The Morgan fingerprint density at radius 2 is 2.00 bits per heavy atom. The monoisotopic (exact) mass is 231 g/mol. The van der Waals surface area contributed by atoms with Gasteiger partial charge in [-0.05, 0) is 56.6 Å².